The van der Waals surface area contributed by atoms with Gasteiger partial charge >= 0.3 is 0 Å². The van der Waals surface area contributed by atoms with Crippen molar-refractivity contribution in [2.75, 3.05) is 25.7 Å². The topological polar surface area (TPSA) is 78.8 Å². The highest BCUT2D eigenvalue weighted by Gasteiger charge is 2.21. The summed E-state index contributed by atoms with van der Waals surface area (Å²) in [5.41, 5.74) is -0.822. The molecule has 0 fully saturated rings. The van der Waals surface area contributed by atoms with Gasteiger partial charge in [0, 0.05) is 18.4 Å². The number of amides is 1. The fourth-order valence-corrected chi connectivity index (χ4v) is 2.28. The number of hydrogen-bond acceptors (Lipinski definition) is 5. The number of benzene rings is 1. The van der Waals surface area contributed by atoms with E-state index >= 15 is 0 Å². The SMILES string of the molecule is COc1ccc(C(=O)NCC(C)(O)CSC)c(O)c1. The molecular weight excluding hydrogens is 266 g/mol. The van der Waals surface area contributed by atoms with Gasteiger partial charge in [0.2, 0.25) is 0 Å². The summed E-state index contributed by atoms with van der Waals surface area (Å²) in [6, 6.07) is 4.44. The van der Waals surface area contributed by atoms with E-state index < -0.39 is 11.5 Å². The maximum Gasteiger partial charge on any atom is 0.255 e. The van der Waals surface area contributed by atoms with Gasteiger partial charge in [-0.15, -0.1) is 0 Å². The average molecular weight is 285 g/mol. The van der Waals surface area contributed by atoms with Gasteiger partial charge in [0.1, 0.15) is 11.5 Å². The number of ether oxygens (including phenoxy) is 1. The predicted octanol–water partition coefficient (Wildman–Crippen LogP) is 1.24. The third-order valence-corrected chi connectivity index (χ3v) is 3.45. The van der Waals surface area contributed by atoms with Gasteiger partial charge in [-0.3, -0.25) is 4.79 Å². The van der Waals surface area contributed by atoms with E-state index in [9.17, 15) is 15.0 Å². The van der Waals surface area contributed by atoms with Crippen LogP contribution in [0.4, 0.5) is 0 Å². The van der Waals surface area contributed by atoms with E-state index in [-0.39, 0.29) is 17.9 Å². The summed E-state index contributed by atoms with van der Waals surface area (Å²) < 4.78 is 4.94. The fourth-order valence-electron chi connectivity index (χ4n) is 1.56. The largest absolute Gasteiger partial charge is 0.507 e. The van der Waals surface area contributed by atoms with E-state index in [1.54, 1.807) is 13.0 Å². The van der Waals surface area contributed by atoms with Crippen molar-refractivity contribution in [3.05, 3.63) is 23.8 Å². The Hall–Kier alpha value is -1.40. The minimum Gasteiger partial charge on any atom is -0.507 e. The Balaban J connectivity index is 2.68. The molecule has 106 valence electrons. The zero-order valence-electron chi connectivity index (χ0n) is 11.3. The molecule has 0 spiro atoms. The number of phenolic OH excluding ortho intramolecular Hbond substituents is 1. The van der Waals surface area contributed by atoms with Gasteiger partial charge in [-0.2, -0.15) is 11.8 Å². The van der Waals surface area contributed by atoms with Crippen LogP contribution < -0.4 is 10.1 Å². The van der Waals surface area contributed by atoms with Crippen LogP contribution in [0.5, 0.6) is 11.5 Å². The fraction of sp³-hybridized carbons (Fsp3) is 0.462. The first-order chi connectivity index (χ1) is 8.89. The molecule has 0 radical (unpaired) electrons. The number of hydrogen-bond donors (Lipinski definition) is 3. The molecular formula is C13H19NO4S. The molecule has 5 nitrogen and oxygen atoms in total. The molecule has 0 bridgehead atoms. The second-order valence-electron chi connectivity index (χ2n) is 4.50. The average Bonchev–Trinajstić information content (AvgIpc) is 2.36. The molecule has 0 saturated heterocycles. The number of phenols is 1. The van der Waals surface area contributed by atoms with Crippen LogP contribution >= 0.6 is 11.8 Å². The first kappa shape index (κ1) is 15.7. The van der Waals surface area contributed by atoms with Crippen molar-refractivity contribution in [2.45, 2.75) is 12.5 Å². The van der Waals surface area contributed by atoms with E-state index in [2.05, 4.69) is 5.32 Å². The Morgan fingerprint density at radius 2 is 2.21 bits per heavy atom. The number of nitrogens with one attached hydrogen (secondary N) is 1. The lowest BCUT2D eigenvalue weighted by molar-refractivity contribution is 0.0723. The van der Waals surface area contributed by atoms with Gasteiger partial charge in [-0.05, 0) is 25.3 Å². The number of aliphatic hydroxyl groups is 1. The minimum absolute atomic E-state index is 0.123. The van der Waals surface area contributed by atoms with Crippen molar-refractivity contribution in [2.24, 2.45) is 0 Å². The summed E-state index contributed by atoms with van der Waals surface area (Å²) in [6.45, 7) is 1.77. The van der Waals surface area contributed by atoms with Crippen LogP contribution in [0.25, 0.3) is 0 Å². The smallest absolute Gasteiger partial charge is 0.255 e. The van der Waals surface area contributed by atoms with Crippen LogP contribution in [-0.2, 0) is 0 Å². The number of methoxy groups -OCH3 is 1. The summed E-state index contributed by atoms with van der Waals surface area (Å²) in [6.07, 6.45) is 1.88. The zero-order valence-corrected chi connectivity index (χ0v) is 12.1. The van der Waals surface area contributed by atoms with Gasteiger partial charge in [0.05, 0.1) is 18.3 Å². The molecule has 0 aliphatic heterocycles. The summed E-state index contributed by atoms with van der Waals surface area (Å²) in [7, 11) is 1.48. The first-order valence-electron chi connectivity index (χ1n) is 5.76. The number of rotatable bonds is 6. The van der Waals surface area contributed by atoms with Crippen LogP contribution in [0.15, 0.2) is 18.2 Å². The Morgan fingerprint density at radius 3 is 2.74 bits per heavy atom. The van der Waals surface area contributed by atoms with E-state index in [1.807, 2.05) is 6.26 Å². The van der Waals surface area contributed by atoms with Crippen LogP contribution in [0, 0.1) is 0 Å². The van der Waals surface area contributed by atoms with E-state index in [1.165, 1.54) is 31.0 Å². The van der Waals surface area contributed by atoms with Crippen molar-refractivity contribution in [3.63, 3.8) is 0 Å². The molecule has 0 aromatic heterocycles. The molecule has 6 heteroatoms. The van der Waals surface area contributed by atoms with Gasteiger partial charge < -0.3 is 20.3 Å². The highest BCUT2D eigenvalue weighted by atomic mass is 32.2. The molecule has 1 atom stereocenters. The van der Waals surface area contributed by atoms with E-state index in [0.29, 0.717) is 11.5 Å². The lowest BCUT2D eigenvalue weighted by atomic mass is 10.1. The van der Waals surface area contributed by atoms with Crippen LogP contribution in [0.1, 0.15) is 17.3 Å². The van der Waals surface area contributed by atoms with Gasteiger partial charge in [0.25, 0.3) is 5.91 Å². The molecule has 0 aliphatic carbocycles. The summed E-state index contributed by atoms with van der Waals surface area (Å²) in [4.78, 5) is 11.9. The highest BCUT2D eigenvalue weighted by molar-refractivity contribution is 7.98. The quantitative estimate of drug-likeness (QED) is 0.733. The standard InChI is InChI=1S/C13H19NO4S/c1-13(17,8-19-3)7-14-12(16)10-5-4-9(18-2)6-11(10)15/h4-6,15,17H,7-8H2,1-3H3,(H,14,16). The number of carbonyl (C=O) groups is 1. The van der Waals surface area contributed by atoms with Crippen molar-refractivity contribution in [1.82, 2.24) is 5.32 Å². The molecule has 0 heterocycles. The van der Waals surface area contributed by atoms with Crippen molar-refractivity contribution in [1.29, 1.82) is 0 Å². The second kappa shape index (κ2) is 6.68. The molecule has 0 saturated carbocycles. The lowest BCUT2D eigenvalue weighted by Crippen LogP contribution is -2.42. The number of thioether (sulfide) groups is 1. The molecule has 1 amide bonds. The Bertz CT molecular complexity index is 448. The first-order valence-corrected chi connectivity index (χ1v) is 7.15. The number of aromatic hydroxyl groups is 1. The van der Waals surface area contributed by atoms with Crippen molar-refractivity contribution in [3.8, 4) is 11.5 Å². The molecule has 3 N–H and O–H groups in total. The number of carbonyl (C=O) groups excluding carboxylic acids is 1. The minimum atomic E-state index is -0.975. The summed E-state index contributed by atoms with van der Waals surface area (Å²) >= 11 is 1.50. The second-order valence-corrected chi connectivity index (χ2v) is 5.36. The predicted molar refractivity (Wildman–Crippen MR) is 76.0 cm³/mol. The normalized spacial score (nSPS) is 13.7. The Kier molecular flexibility index (Phi) is 5.50. The van der Waals surface area contributed by atoms with E-state index in [4.69, 9.17) is 4.74 Å². The third kappa shape index (κ3) is 4.65. The monoisotopic (exact) mass is 285 g/mol. The maximum atomic E-state index is 11.9. The third-order valence-electron chi connectivity index (χ3n) is 2.53. The molecule has 1 unspecified atom stereocenters. The van der Waals surface area contributed by atoms with Crippen LogP contribution in [0.3, 0.4) is 0 Å². The van der Waals surface area contributed by atoms with Gasteiger partial charge in [-0.25, -0.2) is 0 Å². The highest BCUT2D eigenvalue weighted by Crippen LogP contribution is 2.23. The Morgan fingerprint density at radius 1 is 1.53 bits per heavy atom. The zero-order chi connectivity index (χ0) is 14.5. The molecule has 1 aromatic rings. The maximum absolute atomic E-state index is 11.9. The van der Waals surface area contributed by atoms with Crippen molar-refractivity contribution >= 4 is 17.7 Å². The Labute approximate surface area is 117 Å². The van der Waals surface area contributed by atoms with Crippen LogP contribution in [0.2, 0.25) is 0 Å². The van der Waals surface area contributed by atoms with Gasteiger partial charge in [-0.1, -0.05) is 0 Å². The van der Waals surface area contributed by atoms with E-state index in [0.717, 1.165) is 0 Å². The molecule has 0 aliphatic rings. The molecule has 19 heavy (non-hydrogen) atoms. The molecule has 1 aromatic carbocycles. The van der Waals surface area contributed by atoms with Crippen LogP contribution in [-0.4, -0.2) is 47.4 Å². The van der Waals surface area contributed by atoms with Gasteiger partial charge in [0.15, 0.2) is 0 Å². The molecule has 1 rings (SSSR count). The lowest BCUT2D eigenvalue weighted by Gasteiger charge is -2.22. The summed E-state index contributed by atoms with van der Waals surface area (Å²) in [5, 5.41) is 22.3. The van der Waals surface area contributed by atoms with Crippen molar-refractivity contribution < 1.29 is 19.7 Å². The summed E-state index contributed by atoms with van der Waals surface area (Å²) in [5.74, 6) is 0.410.